The van der Waals surface area contributed by atoms with Crippen LogP contribution in [0.3, 0.4) is 0 Å². The van der Waals surface area contributed by atoms with E-state index in [-0.39, 0.29) is 23.1 Å². The SMILES string of the molecule is CCCC(=O)N[C@H]1CCc2cc(OC)c(OC)c(OC)c2-c2ccc(OC)c(=O)cc21. The molecule has 0 saturated carbocycles. The van der Waals surface area contributed by atoms with Gasteiger partial charge >= 0.3 is 0 Å². The van der Waals surface area contributed by atoms with Crippen LogP contribution >= 0.6 is 0 Å². The monoisotopic (exact) mass is 427 g/mol. The topological polar surface area (TPSA) is 83.1 Å². The Morgan fingerprint density at radius 2 is 1.71 bits per heavy atom. The molecule has 1 amide bonds. The van der Waals surface area contributed by atoms with Crippen molar-refractivity contribution in [3.8, 4) is 34.1 Å². The van der Waals surface area contributed by atoms with E-state index in [1.165, 1.54) is 7.11 Å². The van der Waals surface area contributed by atoms with Gasteiger partial charge in [-0.15, -0.1) is 0 Å². The highest BCUT2D eigenvalue weighted by molar-refractivity contribution is 5.83. The third kappa shape index (κ3) is 4.31. The summed E-state index contributed by atoms with van der Waals surface area (Å²) in [5.74, 6) is 1.75. The van der Waals surface area contributed by atoms with E-state index < -0.39 is 0 Å². The molecular formula is C24H29NO6. The molecular weight excluding hydrogens is 398 g/mol. The second-order valence-corrected chi connectivity index (χ2v) is 7.37. The van der Waals surface area contributed by atoms with E-state index in [0.717, 1.165) is 28.7 Å². The van der Waals surface area contributed by atoms with Crippen molar-refractivity contribution in [2.45, 2.75) is 38.6 Å². The Bertz CT molecular complexity index is 1030. The summed E-state index contributed by atoms with van der Waals surface area (Å²) in [5, 5.41) is 3.10. The van der Waals surface area contributed by atoms with Gasteiger partial charge in [0.15, 0.2) is 17.2 Å². The zero-order valence-electron chi connectivity index (χ0n) is 18.7. The van der Waals surface area contributed by atoms with Gasteiger partial charge in [0, 0.05) is 12.0 Å². The number of fused-ring (bicyclic) bond motifs is 3. The van der Waals surface area contributed by atoms with E-state index in [1.54, 1.807) is 33.5 Å². The first-order valence-corrected chi connectivity index (χ1v) is 10.3. The second-order valence-electron chi connectivity index (χ2n) is 7.37. The molecule has 7 heteroatoms. The Kier molecular flexibility index (Phi) is 7.05. The standard InChI is InChI=1S/C24H29NO6/c1-6-7-21(27)25-17-10-8-14-12-20(29-3)23(30-4)24(31-5)22(14)15-9-11-19(28-2)18(26)13-16(15)17/h9,11-13,17H,6-8,10H2,1-5H3,(H,25,27)/t17-/m0/s1. The molecule has 1 aliphatic carbocycles. The normalized spacial score (nSPS) is 14.5. The molecule has 0 unspecified atom stereocenters. The molecule has 166 valence electrons. The number of carbonyl (C=O) groups is 1. The van der Waals surface area contributed by atoms with Crippen LogP contribution in [0.15, 0.2) is 29.1 Å². The lowest BCUT2D eigenvalue weighted by Gasteiger charge is -2.20. The van der Waals surface area contributed by atoms with Crippen molar-refractivity contribution in [3.63, 3.8) is 0 Å². The molecule has 3 rings (SSSR count). The lowest BCUT2D eigenvalue weighted by atomic mass is 9.95. The van der Waals surface area contributed by atoms with Gasteiger partial charge in [0.05, 0.1) is 34.5 Å². The summed E-state index contributed by atoms with van der Waals surface area (Å²) in [4.78, 5) is 25.2. The number of nitrogens with one attached hydrogen (secondary N) is 1. The van der Waals surface area contributed by atoms with Crippen molar-refractivity contribution in [1.82, 2.24) is 5.32 Å². The molecule has 0 aliphatic heterocycles. The fourth-order valence-electron chi connectivity index (χ4n) is 4.11. The van der Waals surface area contributed by atoms with Crippen molar-refractivity contribution >= 4 is 5.91 Å². The van der Waals surface area contributed by atoms with Crippen LogP contribution in [0.5, 0.6) is 23.0 Å². The fourth-order valence-corrected chi connectivity index (χ4v) is 4.11. The average Bonchev–Trinajstić information content (AvgIpc) is 3.01. The molecule has 2 aromatic rings. The highest BCUT2D eigenvalue weighted by Gasteiger charge is 2.29. The maximum atomic E-state index is 12.8. The summed E-state index contributed by atoms with van der Waals surface area (Å²) < 4.78 is 22.1. The van der Waals surface area contributed by atoms with Gasteiger partial charge in [0.2, 0.25) is 17.1 Å². The molecule has 0 fully saturated rings. The predicted molar refractivity (Wildman–Crippen MR) is 118 cm³/mol. The van der Waals surface area contributed by atoms with Crippen molar-refractivity contribution in [1.29, 1.82) is 0 Å². The molecule has 0 saturated heterocycles. The van der Waals surface area contributed by atoms with Gasteiger partial charge in [0.25, 0.3) is 0 Å². The van der Waals surface area contributed by atoms with Crippen molar-refractivity contribution in [2.24, 2.45) is 0 Å². The molecule has 2 aromatic carbocycles. The first kappa shape index (κ1) is 22.5. The van der Waals surface area contributed by atoms with Crippen LogP contribution in [0.1, 0.15) is 43.4 Å². The molecule has 7 nitrogen and oxygen atoms in total. The van der Waals surface area contributed by atoms with Gasteiger partial charge in [-0.05, 0) is 54.2 Å². The molecule has 0 radical (unpaired) electrons. The minimum Gasteiger partial charge on any atom is -0.493 e. The minimum atomic E-state index is -0.326. The third-order valence-corrected chi connectivity index (χ3v) is 5.53. The maximum absolute atomic E-state index is 12.8. The Balaban J connectivity index is 2.33. The lowest BCUT2D eigenvalue weighted by molar-refractivity contribution is -0.121. The van der Waals surface area contributed by atoms with Crippen LogP contribution in [-0.4, -0.2) is 34.3 Å². The summed E-state index contributed by atoms with van der Waals surface area (Å²) in [6.07, 6.45) is 2.46. The third-order valence-electron chi connectivity index (χ3n) is 5.53. The number of hydrogen-bond donors (Lipinski definition) is 1. The first-order valence-electron chi connectivity index (χ1n) is 10.3. The second kappa shape index (κ2) is 9.73. The molecule has 1 atom stereocenters. The first-order chi connectivity index (χ1) is 15.0. The van der Waals surface area contributed by atoms with E-state index in [4.69, 9.17) is 18.9 Å². The van der Waals surface area contributed by atoms with E-state index in [2.05, 4.69) is 5.32 Å². The van der Waals surface area contributed by atoms with Gasteiger partial charge < -0.3 is 24.3 Å². The summed E-state index contributed by atoms with van der Waals surface area (Å²) in [6, 6.07) is 6.65. The number of methoxy groups -OCH3 is 4. The number of carbonyl (C=O) groups excluding carboxylic acids is 1. The van der Waals surface area contributed by atoms with Gasteiger partial charge in [-0.1, -0.05) is 13.0 Å². The van der Waals surface area contributed by atoms with E-state index >= 15 is 0 Å². The zero-order chi connectivity index (χ0) is 22.5. The molecule has 31 heavy (non-hydrogen) atoms. The minimum absolute atomic E-state index is 0.0440. The fraction of sp³-hybridized carbons (Fsp3) is 0.417. The quantitative estimate of drug-likeness (QED) is 0.726. The van der Waals surface area contributed by atoms with Crippen LogP contribution in [0.2, 0.25) is 0 Å². The smallest absolute Gasteiger partial charge is 0.220 e. The average molecular weight is 427 g/mol. The summed E-state index contributed by atoms with van der Waals surface area (Å²) >= 11 is 0. The highest BCUT2D eigenvalue weighted by atomic mass is 16.5. The van der Waals surface area contributed by atoms with Gasteiger partial charge in [-0.2, -0.15) is 0 Å². The van der Waals surface area contributed by atoms with Gasteiger partial charge in [-0.25, -0.2) is 0 Å². The number of rotatable bonds is 7. The Hall–Kier alpha value is -3.22. The summed E-state index contributed by atoms with van der Waals surface area (Å²) in [7, 11) is 6.18. The van der Waals surface area contributed by atoms with E-state index in [0.29, 0.717) is 36.5 Å². The van der Waals surface area contributed by atoms with Crippen molar-refractivity contribution in [2.75, 3.05) is 28.4 Å². The molecule has 0 aromatic heterocycles. The molecule has 0 heterocycles. The van der Waals surface area contributed by atoms with E-state index in [9.17, 15) is 9.59 Å². The number of aryl methyl sites for hydroxylation is 1. The van der Waals surface area contributed by atoms with Crippen molar-refractivity contribution in [3.05, 3.63) is 45.6 Å². The number of amides is 1. The van der Waals surface area contributed by atoms with Crippen molar-refractivity contribution < 1.29 is 23.7 Å². The predicted octanol–water partition coefficient (Wildman–Crippen LogP) is 3.65. The molecule has 0 spiro atoms. The molecule has 1 aliphatic rings. The summed E-state index contributed by atoms with van der Waals surface area (Å²) in [6.45, 7) is 1.96. The van der Waals surface area contributed by atoms with E-state index in [1.807, 2.05) is 19.1 Å². The van der Waals surface area contributed by atoms with Crippen LogP contribution in [0, 0.1) is 0 Å². The zero-order valence-corrected chi connectivity index (χ0v) is 18.7. The van der Waals surface area contributed by atoms with Gasteiger partial charge in [0.1, 0.15) is 0 Å². The highest BCUT2D eigenvalue weighted by Crippen LogP contribution is 2.50. The van der Waals surface area contributed by atoms with Crippen LogP contribution in [0.4, 0.5) is 0 Å². The Morgan fingerprint density at radius 1 is 1.00 bits per heavy atom. The Labute approximate surface area is 182 Å². The maximum Gasteiger partial charge on any atom is 0.220 e. The van der Waals surface area contributed by atoms with Crippen LogP contribution < -0.4 is 29.7 Å². The molecule has 0 bridgehead atoms. The number of benzene rings is 1. The van der Waals surface area contributed by atoms with Crippen LogP contribution in [-0.2, 0) is 11.2 Å². The number of hydrogen-bond acceptors (Lipinski definition) is 6. The van der Waals surface area contributed by atoms with Gasteiger partial charge in [-0.3, -0.25) is 9.59 Å². The van der Waals surface area contributed by atoms with Crippen LogP contribution in [0.25, 0.3) is 11.1 Å². The number of ether oxygens (including phenoxy) is 4. The Morgan fingerprint density at radius 3 is 2.32 bits per heavy atom. The largest absolute Gasteiger partial charge is 0.493 e. The summed E-state index contributed by atoms with van der Waals surface area (Å²) in [5.41, 5.74) is 3.07. The lowest BCUT2D eigenvalue weighted by Crippen LogP contribution is -2.28. The molecule has 1 N–H and O–H groups in total.